The Morgan fingerprint density at radius 1 is 0.565 bits per heavy atom. The Kier molecular flexibility index (Phi) is 2.48. The summed E-state index contributed by atoms with van der Waals surface area (Å²) in [5, 5.41) is 4.52. The quantitative estimate of drug-likeness (QED) is 0.730. The van der Waals surface area contributed by atoms with Crippen molar-refractivity contribution in [1.29, 1.82) is 0 Å². The summed E-state index contributed by atoms with van der Waals surface area (Å²) in [4.78, 5) is 0. The van der Waals surface area contributed by atoms with Crippen molar-refractivity contribution in [3.63, 3.8) is 0 Å². The van der Waals surface area contributed by atoms with E-state index in [1.807, 2.05) is 0 Å². The van der Waals surface area contributed by atoms with Gasteiger partial charge in [0.1, 0.15) is 0 Å². The Labute approximate surface area is 142 Å². The molecule has 8 bridgehead atoms. The largest absolute Gasteiger partial charge is 0.306 e. The fourth-order valence-electron chi connectivity index (χ4n) is 10.3. The van der Waals surface area contributed by atoms with Gasteiger partial charge in [-0.2, -0.15) is 0 Å². The van der Waals surface area contributed by atoms with E-state index in [4.69, 9.17) is 0 Å². The van der Waals surface area contributed by atoms with Gasteiger partial charge in [-0.1, -0.05) is 13.8 Å². The van der Waals surface area contributed by atoms with E-state index in [1.54, 1.807) is 38.5 Å². The van der Waals surface area contributed by atoms with Crippen LogP contribution in [-0.2, 0) is 0 Å². The van der Waals surface area contributed by atoms with Gasteiger partial charge in [0.15, 0.2) is 0 Å². The molecule has 1 nitrogen and oxygen atoms in total. The Bertz CT molecular complexity index is 472. The molecule has 1 heteroatoms. The second-order valence-electron chi connectivity index (χ2n) is 12.2. The summed E-state index contributed by atoms with van der Waals surface area (Å²) in [7, 11) is 0. The fourth-order valence-corrected chi connectivity index (χ4v) is 10.3. The molecule has 0 aliphatic heterocycles. The van der Waals surface area contributed by atoms with E-state index >= 15 is 0 Å². The van der Waals surface area contributed by atoms with Gasteiger partial charge in [0, 0.05) is 11.1 Å². The maximum atomic E-state index is 4.52. The van der Waals surface area contributed by atoms with Gasteiger partial charge in [-0.05, 0) is 112 Å². The first-order valence-corrected chi connectivity index (χ1v) is 10.6. The molecule has 0 saturated heterocycles. The Morgan fingerprint density at radius 2 is 0.913 bits per heavy atom. The van der Waals surface area contributed by atoms with Gasteiger partial charge in [0.25, 0.3) is 0 Å². The lowest BCUT2D eigenvalue weighted by molar-refractivity contribution is -0.125. The zero-order valence-corrected chi connectivity index (χ0v) is 15.3. The monoisotopic (exact) mass is 313 g/mol. The normalized spacial score (nSPS) is 65.5. The fraction of sp³-hybridized carbons (Fsp3) is 1.00. The Balaban J connectivity index is 1.33. The van der Waals surface area contributed by atoms with Crippen LogP contribution in [0.1, 0.15) is 90.9 Å². The minimum Gasteiger partial charge on any atom is -0.306 e. The summed E-state index contributed by atoms with van der Waals surface area (Å²) in [6.07, 6.45) is 18.4. The molecule has 4 unspecified atom stereocenters. The van der Waals surface area contributed by atoms with E-state index in [0.29, 0.717) is 21.9 Å². The van der Waals surface area contributed by atoms with Crippen LogP contribution in [0.15, 0.2) is 0 Å². The first kappa shape index (κ1) is 14.2. The summed E-state index contributed by atoms with van der Waals surface area (Å²) in [5.74, 6) is 4.22. The van der Waals surface area contributed by atoms with Crippen LogP contribution in [0.4, 0.5) is 0 Å². The van der Waals surface area contributed by atoms with Crippen molar-refractivity contribution in [2.45, 2.75) is 102 Å². The molecule has 0 radical (unpaired) electrons. The predicted molar refractivity (Wildman–Crippen MR) is 94.2 cm³/mol. The lowest BCUT2D eigenvalue weighted by Gasteiger charge is -2.67. The molecule has 23 heavy (non-hydrogen) atoms. The summed E-state index contributed by atoms with van der Waals surface area (Å²) in [6.45, 7) is 5.25. The first-order valence-electron chi connectivity index (χ1n) is 10.6. The highest BCUT2D eigenvalue weighted by Crippen LogP contribution is 2.65. The second kappa shape index (κ2) is 4.02. The molecule has 0 amide bonds. The number of hydrogen-bond acceptors (Lipinski definition) is 1. The van der Waals surface area contributed by atoms with Gasteiger partial charge >= 0.3 is 0 Å². The van der Waals surface area contributed by atoms with Gasteiger partial charge in [-0.15, -0.1) is 0 Å². The van der Waals surface area contributed by atoms with Crippen molar-refractivity contribution in [3.05, 3.63) is 0 Å². The summed E-state index contributed by atoms with van der Waals surface area (Å²) < 4.78 is 0. The van der Waals surface area contributed by atoms with E-state index in [0.717, 1.165) is 23.7 Å². The highest BCUT2D eigenvalue weighted by Gasteiger charge is 2.61. The van der Waals surface area contributed by atoms with E-state index in [2.05, 4.69) is 19.2 Å². The third-order valence-corrected chi connectivity index (χ3v) is 9.24. The van der Waals surface area contributed by atoms with E-state index < -0.39 is 0 Å². The lowest BCUT2D eigenvalue weighted by Crippen LogP contribution is -2.71. The highest BCUT2D eigenvalue weighted by molar-refractivity contribution is 5.17. The molecule has 0 aromatic carbocycles. The number of hydrogen-bond donors (Lipinski definition) is 1. The average molecular weight is 314 g/mol. The van der Waals surface area contributed by atoms with Crippen molar-refractivity contribution in [2.75, 3.05) is 0 Å². The van der Waals surface area contributed by atoms with Gasteiger partial charge in [-0.25, -0.2) is 0 Å². The van der Waals surface area contributed by atoms with E-state index in [9.17, 15) is 0 Å². The highest BCUT2D eigenvalue weighted by atomic mass is 15.1. The van der Waals surface area contributed by atoms with Crippen molar-refractivity contribution in [3.8, 4) is 0 Å². The molecule has 1 N–H and O–H groups in total. The molecule has 8 aliphatic rings. The minimum absolute atomic E-state index is 0.543. The van der Waals surface area contributed by atoms with Crippen LogP contribution >= 0.6 is 0 Å². The first-order chi connectivity index (χ1) is 10.8. The number of rotatable bonds is 2. The van der Waals surface area contributed by atoms with Crippen LogP contribution in [0.5, 0.6) is 0 Å². The van der Waals surface area contributed by atoms with Gasteiger partial charge < -0.3 is 5.32 Å². The summed E-state index contributed by atoms with van der Waals surface area (Å²) in [5.41, 5.74) is 2.45. The maximum absolute atomic E-state index is 4.52. The lowest BCUT2D eigenvalue weighted by atomic mass is 9.44. The predicted octanol–water partition coefficient (Wildman–Crippen LogP) is 5.29. The van der Waals surface area contributed by atoms with Crippen LogP contribution < -0.4 is 5.32 Å². The minimum atomic E-state index is 0.543. The molecule has 4 atom stereocenters. The van der Waals surface area contributed by atoms with Gasteiger partial charge in [-0.3, -0.25) is 0 Å². The standard InChI is InChI=1S/C22H35N/c1-19-5-15-3-16(6-19)10-21(9-15,13-19)23-22-11-17-4-18(12-22)8-20(2,7-17)14-22/h15-18,23H,3-14H2,1-2H3. The molecule has 8 aliphatic carbocycles. The van der Waals surface area contributed by atoms with Crippen LogP contribution in [0.2, 0.25) is 0 Å². The van der Waals surface area contributed by atoms with Crippen molar-refractivity contribution in [1.82, 2.24) is 5.32 Å². The molecule has 0 heterocycles. The molecule has 0 spiro atoms. The van der Waals surface area contributed by atoms with Crippen LogP contribution in [0.3, 0.4) is 0 Å². The smallest absolute Gasteiger partial charge is 0.0197 e. The molecule has 8 fully saturated rings. The van der Waals surface area contributed by atoms with Crippen LogP contribution in [0.25, 0.3) is 0 Å². The van der Waals surface area contributed by atoms with E-state index in [-0.39, 0.29) is 0 Å². The second-order valence-corrected chi connectivity index (χ2v) is 12.2. The maximum Gasteiger partial charge on any atom is 0.0197 e. The number of nitrogens with one attached hydrogen (secondary N) is 1. The molecule has 8 saturated carbocycles. The van der Waals surface area contributed by atoms with Crippen molar-refractivity contribution >= 4 is 0 Å². The molecule has 128 valence electrons. The van der Waals surface area contributed by atoms with Crippen molar-refractivity contribution in [2.24, 2.45) is 34.5 Å². The van der Waals surface area contributed by atoms with Crippen molar-refractivity contribution < 1.29 is 0 Å². The van der Waals surface area contributed by atoms with Gasteiger partial charge in [0.05, 0.1) is 0 Å². The molecule has 8 rings (SSSR count). The Hall–Kier alpha value is -0.0400. The SMILES string of the molecule is CC12CC3CC(C1)CC(NC14CC5CC(CC(C)(C5)C1)C4)(C3)C2. The third-order valence-electron chi connectivity index (χ3n) is 9.24. The molecule has 0 aromatic heterocycles. The van der Waals surface area contributed by atoms with Crippen LogP contribution in [-0.4, -0.2) is 11.1 Å². The molecular weight excluding hydrogens is 278 g/mol. The third kappa shape index (κ3) is 2.01. The zero-order valence-electron chi connectivity index (χ0n) is 15.3. The topological polar surface area (TPSA) is 12.0 Å². The molecule has 0 aromatic rings. The summed E-state index contributed by atoms with van der Waals surface area (Å²) in [6, 6.07) is 0. The van der Waals surface area contributed by atoms with Crippen LogP contribution in [0, 0.1) is 34.5 Å². The Morgan fingerprint density at radius 3 is 1.22 bits per heavy atom. The van der Waals surface area contributed by atoms with Gasteiger partial charge in [0.2, 0.25) is 0 Å². The average Bonchev–Trinajstić information content (AvgIpc) is 2.29. The molecular formula is C22H35N. The van der Waals surface area contributed by atoms with E-state index in [1.165, 1.54) is 38.5 Å². The zero-order chi connectivity index (χ0) is 15.5. The summed E-state index contributed by atoms with van der Waals surface area (Å²) >= 11 is 0.